The lowest BCUT2D eigenvalue weighted by Gasteiger charge is -2.09. The lowest BCUT2D eigenvalue weighted by atomic mass is 10.2. The number of amides is 1. The van der Waals surface area contributed by atoms with Gasteiger partial charge in [-0.3, -0.25) is 9.59 Å². The monoisotopic (exact) mass is 298 g/mol. The molecule has 0 heterocycles. The summed E-state index contributed by atoms with van der Waals surface area (Å²) < 4.78 is 22.5. The molecule has 1 fully saturated rings. The summed E-state index contributed by atoms with van der Waals surface area (Å²) in [7, 11) is -3.85. The van der Waals surface area contributed by atoms with Gasteiger partial charge in [0.05, 0.1) is 16.7 Å². The quantitative estimate of drug-likeness (QED) is 0.737. The Balaban J connectivity index is 2.18. The molecule has 1 amide bonds. The van der Waals surface area contributed by atoms with Gasteiger partial charge in [-0.2, -0.15) is 0 Å². The predicted octanol–water partition coefficient (Wildman–Crippen LogP) is 0.302. The number of rotatable bonds is 4. The number of carbonyl (C=O) groups is 2. The highest BCUT2D eigenvalue weighted by Crippen LogP contribution is 2.39. The zero-order valence-corrected chi connectivity index (χ0v) is 11.5. The lowest BCUT2D eigenvalue weighted by Crippen LogP contribution is -2.18. The number of hydrogen-bond donors (Lipinski definition) is 3. The third kappa shape index (κ3) is 2.97. The van der Waals surface area contributed by atoms with Crippen LogP contribution in [0.3, 0.4) is 0 Å². The number of aliphatic carboxylic acids is 1. The van der Waals surface area contributed by atoms with Crippen molar-refractivity contribution in [2.24, 2.45) is 17.0 Å². The highest BCUT2D eigenvalue weighted by Gasteiger charge is 2.48. The van der Waals surface area contributed by atoms with Crippen LogP contribution < -0.4 is 10.5 Å². The summed E-state index contributed by atoms with van der Waals surface area (Å²) >= 11 is 0. The minimum atomic E-state index is -3.85. The van der Waals surface area contributed by atoms with Gasteiger partial charge in [-0.1, -0.05) is 6.07 Å². The summed E-state index contributed by atoms with van der Waals surface area (Å²) in [5, 5.41) is 16.3. The maximum atomic E-state index is 11.8. The van der Waals surface area contributed by atoms with Crippen LogP contribution in [0.2, 0.25) is 0 Å². The molecule has 0 saturated heterocycles. The van der Waals surface area contributed by atoms with Crippen LogP contribution in [-0.4, -0.2) is 25.4 Å². The van der Waals surface area contributed by atoms with Crippen LogP contribution in [-0.2, 0) is 19.6 Å². The topological polar surface area (TPSA) is 127 Å². The molecule has 2 atom stereocenters. The van der Waals surface area contributed by atoms with E-state index in [-0.39, 0.29) is 4.90 Å². The number of benzene rings is 1. The first kappa shape index (κ1) is 14.5. The Morgan fingerprint density at radius 2 is 2.00 bits per heavy atom. The highest BCUT2D eigenvalue weighted by atomic mass is 32.2. The third-order valence-electron chi connectivity index (χ3n) is 3.24. The van der Waals surface area contributed by atoms with Crippen molar-refractivity contribution in [1.29, 1.82) is 0 Å². The number of nitrogens with two attached hydrogens (primary N) is 1. The zero-order chi connectivity index (χ0) is 15.1. The molecule has 1 aromatic carbocycles. The second kappa shape index (κ2) is 4.88. The second-order valence-corrected chi connectivity index (χ2v) is 6.36. The highest BCUT2D eigenvalue weighted by molar-refractivity contribution is 7.89. The molecule has 0 radical (unpaired) electrons. The van der Waals surface area contributed by atoms with Gasteiger partial charge in [0.15, 0.2) is 0 Å². The predicted molar refractivity (Wildman–Crippen MR) is 70.4 cm³/mol. The van der Waals surface area contributed by atoms with Gasteiger partial charge in [0.25, 0.3) is 0 Å². The van der Waals surface area contributed by atoms with Crippen LogP contribution in [0.4, 0.5) is 5.69 Å². The third-order valence-corrected chi connectivity index (χ3v) is 4.15. The Kier molecular flexibility index (Phi) is 3.53. The minimum absolute atomic E-state index is 0.107. The molecule has 2 rings (SSSR count). The van der Waals surface area contributed by atoms with Gasteiger partial charge < -0.3 is 10.4 Å². The number of carboxylic acid groups (broad SMARTS) is 1. The molecule has 0 aliphatic heterocycles. The average molecular weight is 298 g/mol. The van der Waals surface area contributed by atoms with Gasteiger partial charge in [-0.05, 0) is 31.0 Å². The molecule has 1 aliphatic carbocycles. The Bertz CT molecular complexity index is 683. The van der Waals surface area contributed by atoms with E-state index in [0.717, 1.165) is 0 Å². The first-order valence-corrected chi connectivity index (χ1v) is 7.42. The van der Waals surface area contributed by atoms with E-state index in [1.807, 2.05) is 0 Å². The first-order chi connectivity index (χ1) is 9.20. The normalized spacial score (nSPS) is 21.3. The molecule has 0 aromatic heterocycles. The van der Waals surface area contributed by atoms with Crippen LogP contribution >= 0.6 is 0 Å². The number of carbonyl (C=O) groups excluding carboxylic acids is 1. The second-order valence-electron chi connectivity index (χ2n) is 4.80. The van der Waals surface area contributed by atoms with E-state index in [1.54, 1.807) is 6.92 Å². The first-order valence-electron chi connectivity index (χ1n) is 5.87. The summed E-state index contributed by atoms with van der Waals surface area (Å²) in [5.41, 5.74) is 0.982. The van der Waals surface area contributed by atoms with Crippen molar-refractivity contribution in [2.75, 3.05) is 5.32 Å². The number of nitrogens with one attached hydrogen (secondary N) is 1. The van der Waals surface area contributed by atoms with Crippen molar-refractivity contribution < 1.29 is 23.1 Å². The fraction of sp³-hybridized carbons (Fsp3) is 0.333. The van der Waals surface area contributed by atoms with Gasteiger partial charge in [0.2, 0.25) is 15.9 Å². The Hall–Kier alpha value is -1.93. The van der Waals surface area contributed by atoms with E-state index >= 15 is 0 Å². The summed E-state index contributed by atoms with van der Waals surface area (Å²) in [6.45, 7) is 1.70. The van der Waals surface area contributed by atoms with Crippen molar-refractivity contribution in [3.8, 4) is 0 Å². The number of hydrogen-bond acceptors (Lipinski definition) is 4. The molecule has 0 spiro atoms. The van der Waals surface area contributed by atoms with E-state index in [2.05, 4.69) is 5.32 Å². The molecular formula is C12H14N2O5S. The SMILES string of the molecule is Cc1ccc(S(N)(=O)=O)cc1NC(=O)[C@@H]1C[C@@H]1C(=O)O. The number of carboxylic acids is 1. The van der Waals surface area contributed by atoms with Crippen molar-refractivity contribution in [3.05, 3.63) is 23.8 Å². The maximum Gasteiger partial charge on any atom is 0.307 e. The Labute approximate surface area is 115 Å². The summed E-state index contributed by atoms with van der Waals surface area (Å²) in [6, 6.07) is 4.13. The summed E-state index contributed by atoms with van der Waals surface area (Å²) in [6.07, 6.45) is 0.301. The Morgan fingerprint density at radius 1 is 1.35 bits per heavy atom. The largest absolute Gasteiger partial charge is 0.481 e. The average Bonchev–Trinajstić information content (AvgIpc) is 3.10. The van der Waals surface area contributed by atoms with Gasteiger partial charge in [-0.25, -0.2) is 13.6 Å². The van der Waals surface area contributed by atoms with E-state index < -0.39 is 33.7 Å². The van der Waals surface area contributed by atoms with E-state index in [9.17, 15) is 18.0 Å². The summed E-state index contributed by atoms with van der Waals surface area (Å²) in [4.78, 5) is 22.4. The smallest absolute Gasteiger partial charge is 0.307 e. The van der Waals surface area contributed by atoms with E-state index in [0.29, 0.717) is 17.7 Å². The van der Waals surface area contributed by atoms with Crippen LogP contribution in [0.15, 0.2) is 23.1 Å². The summed E-state index contributed by atoms with van der Waals surface area (Å²) in [5.74, 6) is -2.64. The van der Waals surface area contributed by atoms with Crippen LogP contribution in [0.1, 0.15) is 12.0 Å². The Morgan fingerprint density at radius 3 is 2.50 bits per heavy atom. The number of anilines is 1. The van der Waals surface area contributed by atoms with Crippen LogP contribution in [0.25, 0.3) is 0 Å². The molecule has 4 N–H and O–H groups in total. The van der Waals surface area contributed by atoms with Crippen molar-refractivity contribution in [3.63, 3.8) is 0 Å². The standard InChI is InChI=1S/C12H14N2O5S/c1-6-2-3-7(20(13,18)19)4-10(6)14-11(15)8-5-9(8)12(16)17/h2-4,8-9H,5H2,1H3,(H,14,15)(H,16,17)(H2,13,18,19)/t8-,9+/m1/s1. The molecule has 0 unspecified atom stereocenters. The van der Waals surface area contributed by atoms with Crippen molar-refractivity contribution in [1.82, 2.24) is 0 Å². The molecule has 1 aliphatic rings. The van der Waals surface area contributed by atoms with Gasteiger partial charge in [0, 0.05) is 5.69 Å². The fourth-order valence-corrected chi connectivity index (χ4v) is 2.44. The maximum absolute atomic E-state index is 11.8. The van der Waals surface area contributed by atoms with Crippen molar-refractivity contribution in [2.45, 2.75) is 18.2 Å². The van der Waals surface area contributed by atoms with Gasteiger partial charge >= 0.3 is 5.97 Å². The number of sulfonamides is 1. The van der Waals surface area contributed by atoms with Gasteiger partial charge in [0.1, 0.15) is 0 Å². The van der Waals surface area contributed by atoms with Gasteiger partial charge in [-0.15, -0.1) is 0 Å². The number of aryl methyl sites for hydroxylation is 1. The van der Waals surface area contributed by atoms with E-state index in [1.165, 1.54) is 18.2 Å². The lowest BCUT2D eigenvalue weighted by molar-refractivity contribution is -0.139. The van der Waals surface area contributed by atoms with Crippen LogP contribution in [0, 0.1) is 18.8 Å². The molecule has 8 heteroatoms. The minimum Gasteiger partial charge on any atom is -0.481 e. The molecular weight excluding hydrogens is 284 g/mol. The zero-order valence-electron chi connectivity index (χ0n) is 10.7. The molecule has 108 valence electrons. The van der Waals surface area contributed by atoms with Crippen molar-refractivity contribution >= 4 is 27.6 Å². The molecule has 7 nitrogen and oxygen atoms in total. The molecule has 1 aromatic rings. The molecule has 1 saturated carbocycles. The van der Waals surface area contributed by atoms with E-state index in [4.69, 9.17) is 10.2 Å². The number of primary sulfonamides is 1. The fourth-order valence-electron chi connectivity index (χ4n) is 1.90. The molecule has 0 bridgehead atoms. The molecule has 20 heavy (non-hydrogen) atoms. The van der Waals surface area contributed by atoms with Crippen LogP contribution in [0.5, 0.6) is 0 Å².